The highest BCUT2D eigenvalue weighted by Gasteiger charge is 2.30. The Kier molecular flexibility index (Phi) is 2.48. The third kappa shape index (κ3) is 1.76. The fraction of sp³-hybridized carbons (Fsp3) is 0.273. The Labute approximate surface area is 107 Å². The molecule has 1 aliphatic rings. The van der Waals surface area contributed by atoms with Gasteiger partial charge in [-0.1, -0.05) is 22.0 Å². The molecule has 2 aromatic rings. The van der Waals surface area contributed by atoms with E-state index < -0.39 is 0 Å². The van der Waals surface area contributed by atoms with E-state index in [0.29, 0.717) is 11.2 Å². The van der Waals surface area contributed by atoms with E-state index in [0.717, 1.165) is 16.0 Å². The summed E-state index contributed by atoms with van der Waals surface area (Å²) < 4.78 is 2.95. The number of rotatable bonds is 2. The van der Waals surface area contributed by atoms with Gasteiger partial charge in [0.2, 0.25) is 5.28 Å². The third-order valence-corrected chi connectivity index (χ3v) is 3.40. The number of nitrogens with zero attached hydrogens (tertiary/aromatic N) is 3. The van der Waals surface area contributed by atoms with Crippen LogP contribution in [0.2, 0.25) is 5.28 Å². The number of benzene rings is 1. The van der Waals surface area contributed by atoms with E-state index in [2.05, 4.69) is 26.1 Å². The van der Waals surface area contributed by atoms with Crippen LogP contribution in [0.15, 0.2) is 28.7 Å². The van der Waals surface area contributed by atoms with Gasteiger partial charge in [-0.05, 0) is 42.6 Å². The zero-order valence-corrected chi connectivity index (χ0v) is 10.7. The van der Waals surface area contributed by atoms with Gasteiger partial charge in [0.15, 0.2) is 0 Å². The van der Waals surface area contributed by atoms with Crippen molar-refractivity contribution in [1.29, 1.82) is 0 Å². The normalized spacial score (nSPS) is 15.4. The Hall–Kier alpha value is -0.870. The largest absolute Gasteiger partial charge is 0.269 e. The third-order valence-electron chi connectivity index (χ3n) is 2.66. The highest BCUT2D eigenvalue weighted by molar-refractivity contribution is 9.10. The van der Waals surface area contributed by atoms with Crippen molar-refractivity contribution in [2.24, 2.45) is 0 Å². The van der Waals surface area contributed by atoms with Gasteiger partial charge in [0.25, 0.3) is 0 Å². The highest BCUT2D eigenvalue weighted by atomic mass is 79.9. The Balaban J connectivity index is 2.14. The van der Waals surface area contributed by atoms with Crippen LogP contribution >= 0.6 is 27.5 Å². The number of hydrogen-bond donors (Lipinski definition) is 0. The molecule has 0 saturated heterocycles. The molecule has 3 rings (SSSR count). The lowest BCUT2D eigenvalue weighted by molar-refractivity contribution is 0.871. The number of hydrogen-bond acceptors (Lipinski definition) is 2. The Morgan fingerprint density at radius 2 is 2.12 bits per heavy atom. The molecule has 0 radical (unpaired) electrons. The fourth-order valence-corrected chi connectivity index (χ4v) is 2.35. The van der Waals surface area contributed by atoms with E-state index in [-0.39, 0.29) is 0 Å². The van der Waals surface area contributed by atoms with E-state index in [1.54, 1.807) is 0 Å². The van der Waals surface area contributed by atoms with E-state index in [1.807, 2.05) is 28.8 Å². The van der Waals surface area contributed by atoms with Gasteiger partial charge in [-0.3, -0.25) is 4.57 Å². The summed E-state index contributed by atoms with van der Waals surface area (Å²) in [6, 6.07) is 7.98. The van der Waals surface area contributed by atoms with E-state index in [4.69, 9.17) is 11.6 Å². The van der Waals surface area contributed by atoms with Gasteiger partial charge in [-0.25, -0.2) is 0 Å². The number of aromatic nitrogens is 3. The molecule has 0 spiro atoms. The van der Waals surface area contributed by atoms with Gasteiger partial charge in [-0.2, -0.15) is 0 Å². The van der Waals surface area contributed by atoms with Crippen LogP contribution in [0.1, 0.15) is 24.6 Å². The lowest BCUT2D eigenvalue weighted by Gasteiger charge is -2.07. The first-order chi connectivity index (χ1) is 7.75. The van der Waals surface area contributed by atoms with Gasteiger partial charge in [0.1, 0.15) is 5.82 Å². The lowest BCUT2D eigenvalue weighted by atomic mass is 10.3. The highest BCUT2D eigenvalue weighted by Crippen LogP contribution is 2.40. The molecule has 0 amide bonds. The van der Waals surface area contributed by atoms with Crippen LogP contribution in [0.25, 0.3) is 5.69 Å². The average Bonchev–Trinajstić information content (AvgIpc) is 3.02. The Morgan fingerprint density at radius 3 is 2.81 bits per heavy atom. The molecule has 1 fully saturated rings. The molecule has 0 bridgehead atoms. The van der Waals surface area contributed by atoms with Crippen LogP contribution in [0.4, 0.5) is 0 Å². The minimum absolute atomic E-state index is 0.431. The van der Waals surface area contributed by atoms with Crippen molar-refractivity contribution < 1.29 is 0 Å². The van der Waals surface area contributed by atoms with Crippen LogP contribution in [0.3, 0.4) is 0 Å². The van der Waals surface area contributed by atoms with Gasteiger partial charge in [-0.15, -0.1) is 10.2 Å². The predicted octanol–water partition coefficient (Wildman–Crippen LogP) is 3.56. The summed E-state index contributed by atoms with van der Waals surface area (Å²) in [4.78, 5) is 0. The fourth-order valence-electron chi connectivity index (χ4n) is 1.74. The molecular formula is C11H9BrClN3. The molecule has 82 valence electrons. The standard InChI is InChI=1S/C11H9BrClN3/c12-8-2-1-3-9(6-8)16-10(7-4-5-7)14-15-11(16)13/h1-3,6-7H,4-5H2. The summed E-state index contributed by atoms with van der Waals surface area (Å²) in [7, 11) is 0. The maximum Gasteiger partial charge on any atom is 0.229 e. The molecule has 1 aliphatic carbocycles. The van der Waals surface area contributed by atoms with E-state index in [9.17, 15) is 0 Å². The average molecular weight is 299 g/mol. The zero-order valence-electron chi connectivity index (χ0n) is 8.40. The molecule has 1 saturated carbocycles. The molecule has 1 aromatic heterocycles. The predicted molar refractivity (Wildman–Crippen MR) is 66.0 cm³/mol. The second-order valence-corrected chi connectivity index (χ2v) is 5.17. The summed E-state index contributed by atoms with van der Waals surface area (Å²) in [5.74, 6) is 1.50. The van der Waals surface area contributed by atoms with Crippen molar-refractivity contribution in [1.82, 2.24) is 14.8 Å². The van der Waals surface area contributed by atoms with Crippen molar-refractivity contribution in [2.45, 2.75) is 18.8 Å². The van der Waals surface area contributed by atoms with Gasteiger partial charge in [0.05, 0.1) is 5.69 Å². The molecule has 16 heavy (non-hydrogen) atoms. The minimum Gasteiger partial charge on any atom is -0.269 e. The lowest BCUT2D eigenvalue weighted by Crippen LogP contribution is -1.99. The molecule has 0 aliphatic heterocycles. The summed E-state index contributed by atoms with van der Waals surface area (Å²) in [6.07, 6.45) is 2.37. The molecule has 0 unspecified atom stereocenters. The van der Waals surface area contributed by atoms with Gasteiger partial charge < -0.3 is 0 Å². The minimum atomic E-state index is 0.431. The first-order valence-corrected chi connectivity index (χ1v) is 6.29. The van der Waals surface area contributed by atoms with Crippen LogP contribution in [0, 0.1) is 0 Å². The van der Waals surface area contributed by atoms with Crippen LogP contribution in [-0.4, -0.2) is 14.8 Å². The summed E-state index contributed by atoms with van der Waals surface area (Å²) >= 11 is 9.53. The van der Waals surface area contributed by atoms with Crippen LogP contribution in [0.5, 0.6) is 0 Å². The van der Waals surface area contributed by atoms with E-state index >= 15 is 0 Å². The molecular weight excluding hydrogens is 289 g/mol. The molecule has 0 atom stereocenters. The van der Waals surface area contributed by atoms with Crippen molar-refractivity contribution >= 4 is 27.5 Å². The second-order valence-electron chi connectivity index (χ2n) is 3.92. The maximum absolute atomic E-state index is 6.08. The van der Waals surface area contributed by atoms with Crippen molar-refractivity contribution in [3.05, 3.63) is 39.8 Å². The quantitative estimate of drug-likeness (QED) is 0.849. The molecule has 1 aromatic carbocycles. The van der Waals surface area contributed by atoms with Crippen molar-refractivity contribution in [3.8, 4) is 5.69 Å². The Morgan fingerprint density at radius 1 is 1.31 bits per heavy atom. The van der Waals surface area contributed by atoms with Gasteiger partial charge in [0, 0.05) is 10.4 Å². The Bertz CT molecular complexity index is 534. The van der Waals surface area contributed by atoms with Crippen LogP contribution < -0.4 is 0 Å². The zero-order chi connectivity index (χ0) is 11.1. The maximum atomic E-state index is 6.08. The smallest absolute Gasteiger partial charge is 0.229 e. The first-order valence-electron chi connectivity index (χ1n) is 5.12. The molecule has 5 heteroatoms. The summed E-state index contributed by atoms with van der Waals surface area (Å²) in [5, 5.41) is 8.53. The second kappa shape index (κ2) is 3.86. The summed E-state index contributed by atoms with van der Waals surface area (Å²) in [5.41, 5.74) is 1.01. The molecule has 1 heterocycles. The van der Waals surface area contributed by atoms with Crippen molar-refractivity contribution in [3.63, 3.8) is 0 Å². The van der Waals surface area contributed by atoms with E-state index in [1.165, 1.54) is 12.8 Å². The first kappa shape index (κ1) is 10.3. The van der Waals surface area contributed by atoms with Crippen molar-refractivity contribution in [2.75, 3.05) is 0 Å². The van der Waals surface area contributed by atoms with Crippen LogP contribution in [-0.2, 0) is 0 Å². The monoisotopic (exact) mass is 297 g/mol. The SMILES string of the molecule is Clc1nnc(C2CC2)n1-c1cccc(Br)c1. The molecule has 0 N–H and O–H groups in total. The topological polar surface area (TPSA) is 30.7 Å². The number of halogens is 2. The molecule has 3 nitrogen and oxygen atoms in total. The van der Waals surface area contributed by atoms with Gasteiger partial charge >= 0.3 is 0 Å². The summed E-state index contributed by atoms with van der Waals surface area (Å²) in [6.45, 7) is 0.